The quantitative estimate of drug-likeness (QED) is 0.430. The molecule has 0 saturated heterocycles. The van der Waals surface area contributed by atoms with Gasteiger partial charge in [-0.25, -0.2) is 4.79 Å². The van der Waals surface area contributed by atoms with Crippen molar-refractivity contribution < 1.29 is 9.53 Å². The van der Waals surface area contributed by atoms with Crippen LogP contribution in [-0.4, -0.2) is 11.6 Å². The maximum absolute atomic E-state index is 11.1. The molecule has 0 radical (unpaired) electrons. The number of carbonyl (C=O) groups excluding carboxylic acids is 1. The molecule has 0 fully saturated rings. The third-order valence-electron chi connectivity index (χ3n) is 1.15. The number of allylic oxidation sites excluding steroid dienone is 1. The highest BCUT2D eigenvalue weighted by Crippen LogP contribution is 2.09. The molecule has 11 heavy (non-hydrogen) atoms. The van der Waals surface area contributed by atoms with Gasteiger partial charge in [0.15, 0.2) is 0 Å². The summed E-state index contributed by atoms with van der Waals surface area (Å²) in [7, 11) is 0. The molecular weight excluding hydrogens is 140 g/mol. The lowest BCUT2D eigenvalue weighted by Crippen LogP contribution is -2.24. The van der Waals surface area contributed by atoms with Gasteiger partial charge in [-0.2, -0.15) is 0 Å². The fourth-order valence-corrected chi connectivity index (χ4v) is 0.476. The predicted octanol–water partition coefficient (Wildman–Crippen LogP) is 2.29. The molecule has 0 unspecified atom stereocenters. The lowest BCUT2D eigenvalue weighted by atomic mass is 10.2. The van der Waals surface area contributed by atoms with Gasteiger partial charge >= 0.3 is 5.97 Å². The van der Waals surface area contributed by atoms with E-state index in [1.807, 2.05) is 27.7 Å². The van der Waals surface area contributed by atoms with Crippen LogP contribution in [-0.2, 0) is 9.53 Å². The molecule has 0 rings (SSSR count). The van der Waals surface area contributed by atoms with E-state index in [4.69, 9.17) is 4.74 Å². The smallest absolute Gasteiger partial charge is 0.333 e. The van der Waals surface area contributed by atoms with Crippen LogP contribution in [0.2, 0.25) is 0 Å². The van der Waals surface area contributed by atoms with Crippen LogP contribution in [0, 0.1) is 0 Å². The lowest BCUT2D eigenvalue weighted by molar-refractivity contribution is -0.149. The fraction of sp³-hybridized carbons (Fsp3) is 0.667. The third kappa shape index (κ3) is 4.59. The van der Waals surface area contributed by atoms with E-state index in [0.717, 1.165) is 0 Å². The van der Waals surface area contributed by atoms with Crippen molar-refractivity contribution in [2.75, 3.05) is 0 Å². The monoisotopic (exact) mass is 156 g/mol. The average molecular weight is 156 g/mol. The maximum Gasteiger partial charge on any atom is 0.333 e. The SMILES string of the molecule is C/C=C(/C)C(=O)OC(C)(C)C. The molecule has 2 nitrogen and oxygen atoms in total. The molecule has 0 atom stereocenters. The molecule has 0 aromatic carbocycles. The van der Waals surface area contributed by atoms with Crippen LogP contribution >= 0.6 is 0 Å². The number of esters is 1. The Bertz CT molecular complexity index is 172. The Labute approximate surface area is 68.2 Å². The second kappa shape index (κ2) is 3.56. The van der Waals surface area contributed by atoms with E-state index in [1.54, 1.807) is 13.0 Å². The van der Waals surface area contributed by atoms with Crippen molar-refractivity contribution >= 4 is 5.97 Å². The van der Waals surface area contributed by atoms with Crippen molar-refractivity contribution in [1.29, 1.82) is 0 Å². The summed E-state index contributed by atoms with van der Waals surface area (Å²) in [6, 6.07) is 0. The summed E-state index contributed by atoms with van der Waals surface area (Å²) in [5, 5.41) is 0. The summed E-state index contributed by atoms with van der Waals surface area (Å²) in [4.78, 5) is 11.1. The Balaban J connectivity index is 4.10. The molecule has 0 aromatic heterocycles. The minimum absolute atomic E-state index is 0.236. The molecule has 0 aliphatic carbocycles. The number of carbonyl (C=O) groups is 1. The van der Waals surface area contributed by atoms with E-state index < -0.39 is 0 Å². The molecule has 0 heterocycles. The van der Waals surface area contributed by atoms with E-state index in [-0.39, 0.29) is 11.6 Å². The highest BCUT2D eigenvalue weighted by molar-refractivity contribution is 5.87. The van der Waals surface area contributed by atoms with Gasteiger partial charge in [-0.1, -0.05) is 6.08 Å². The van der Waals surface area contributed by atoms with Gasteiger partial charge in [0, 0.05) is 5.57 Å². The molecule has 0 amide bonds. The van der Waals surface area contributed by atoms with Gasteiger partial charge in [-0.3, -0.25) is 0 Å². The molecular formula is C9H16O2. The van der Waals surface area contributed by atoms with Gasteiger partial charge in [0.2, 0.25) is 0 Å². The van der Waals surface area contributed by atoms with Gasteiger partial charge in [0.25, 0.3) is 0 Å². The van der Waals surface area contributed by atoms with Crippen LogP contribution in [0.1, 0.15) is 34.6 Å². The van der Waals surface area contributed by atoms with Crippen molar-refractivity contribution in [3.05, 3.63) is 11.6 Å². The second-order valence-electron chi connectivity index (χ2n) is 3.47. The summed E-state index contributed by atoms with van der Waals surface area (Å²) in [6.45, 7) is 9.13. The topological polar surface area (TPSA) is 26.3 Å². The Hall–Kier alpha value is -0.790. The molecule has 0 N–H and O–H groups in total. The van der Waals surface area contributed by atoms with Crippen molar-refractivity contribution in [1.82, 2.24) is 0 Å². The van der Waals surface area contributed by atoms with Gasteiger partial charge in [-0.05, 0) is 34.6 Å². The molecule has 0 aromatic rings. The molecule has 0 aliphatic rings. The van der Waals surface area contributed by atoms with Crippen LogP contribution in [0.15, 0.2) is 11.6 Å². The van der Waals surface area contributed by atoms with E-state index in [9.17, 15) is 4.79 Å². The second-order valence-corrected chi connectivity index (χ2v) is 3.47. The first-order valence-electron chi connectivity index (χ1n) is 3.73. The first-order valence-corrected chi connectivity index (χ1v) is 3.73. The highest BCUT2D eigenvalue weighted by atomic mass is 16.6. The highest BCUT2D eigenvalue weighted by Gasteiger charge is 2.16. The number of hydrogen-bond donors (Lipinski definition) is 0. The zero-order valence-corrected chi connectivity index (χ0v) is 7.89. The third-order valence-corrected chi connectivity index (χ3v) is 1.15. The number of rotatable bonds is 1. The molecule has 64 valence electrons. The van der Waals surface area contributed by atoms with Crippen LogP contribution in [0.25, 0.3) is 0 Å². The van der Waals surface area contributed by atoms with E-state index in [1.165, 1.54) is 0 Å². The molecule has 2 heteroatoms. The van der Waals surface area contributed by atoms with E-state index >= 15 is 0 Å². The Kier molecular flexibility index (Phi) is 3.30. The number of hydrogen-bond acceptors (Lipinski definition) is 2. The van der Waals surface area contributed by atoms with Crippen LogP contribution < -0.4 is 0 Å². The van der Waals surface area contributed by atoms with Crippen molar-refractivity contribution in [2.24, 2.45) is 0 Å². The number of ether oxygens (including phenoxy) is 1. The average Bonchev–Trinajstić information content (AvgIpc) is 1.82. The summed E-state index contributed by atoms with van der Waals surface area (Å²) >= 11 is 0. The predicted molar refractivity (Wildman–Crippen MR) is 45.3 cm³/mol. The van der Waals surface area contributed by atoms with Gasteiger partial charge < -0.3 is 4.74 Å². The van der Waals surface area contributed by atoms with Gasteiger partial charge in [0.1, 0.15) is 5.60 Å². The molecule has 0 saturated carbocycles. The zero-order chi connectivity index (χ0) is 9.07. The van der Waals surface area contributed by atoms with Crippen molar-refractivity contribution in [3.63, 3.8) is 0 Å². The zero-order valence-electron chi connectivity index (χ0n) is 7.89. The Morgan fingerprint density at radius 1 is 1.36 bits per heavy atom. The summed E-state index contributed by atoms with van der Waals surface area (Å²) in [5.41, 5.74) is 0.265. The van der Waals surface area contributed by atoms with Crippen molar-refractivity contribution in [2.45, 2.75) is 40.2 Å². The Morgan fingerprint density at radius 3 is 2.09 bits per heavy atom. The molecule has 0 aliphatic heterocycles. The lowest BCUT2D eigenvalue weighted by Gasteiger charge is -2.19. The fourth-order valence-electron chi connectivity index (χ4n) is 0.476. The van der Waals surface area contributed by atoms with Crippen LogP contribution in [0.4, 0.5) is 0 Å². The maximum atomic E-state index is 11.1. The normalized spacial score (nSPS) is 13.0. The van der Waals surface area contributed by atoms with E-state index in [0.29, 0.717) is 5.57 Å². The van der Waals surface area contributed by atoms with Gasteiger partial charge in [-0.15, -0.1) is 0 Å². The first kappa shape index (κ1) is 10.2. The molecule has 0 spiro atoms. The molecule has 0 bridgehead atoms. The summed E-state index contributed by atoms with van der Waals surface area (Å²) < 4.78 is 5.08. The summed E-state index contributed by atoms with van der Waals surface area (Å²) in [5.74, 6) is -0.236. The minimum atomic E-state index is -0.388. The van der Waals surface area contributed by atoms with Crippen molar-refractivity contribution in [3.8, 4) is 0 Å². The van der Waals surface area contributed by atoms with Crippen LogP contribution in [0.3, 0.4) is 0 Å². The standard InChI is InChI=1S/C9H16O2/c1-6-7(2)8(10)11-9(3,4)5/h6H,1-5H3/b7-6-. The first-order chi connectivity index (χ1) is 4.87. The largest absolute Gasteiger partial charge is 0.457 e. The van der Waals surface area contributed by atoms with Gasteiger partial charge in [0.05, 0.1) is 0 Å². The Morgan fingerprint density at radius 2 is 1.82 bits per heavy atom. The van der Waals surface area contributed by atoms with E-state index in [2.05, 4.69) is 0 Å². The minimum Gasteiger partial charge on any atom is -0.457 e. The van der Waals surface area contributed by atoms with Crippen LogP contribution in [0.5, 0.6) is 0 Å². The summed E-state index contributed by atoms with van der Waals surface area (Å²) in [6.07, 6.45) is 1.74.